The average molecular weight is 1000 g/mol. The van der Waals surface area contributed by atoms with Gasteiger partial charge >= 0.3 is 17.9 Å². The van der Waals surface area contributed by atoms with Gasteiger partial charge in [0.25, 0.3) is 0 Å². The summed E-state index contributed by atoms with van der Waals surface area (Å²) in [6.45, 7) is 6.63. The van der Waals surface area contributed by atoms with E-state index >= 15 is 0 Å². The second-order valence-corrected chi connectivity index (χ2v) is 21.7. The van der Waals surface area contributed by atoms with Crippen LogP contribution >= 0.6 is 0 Å². The molecule has 0 aromatic heterocycles. The van der Waals surface area contributed by atoms with Crippen LogP contribution in [0.2, 0.25) is 0 Å². The molecule has 0 aliphatic rings. The van der Waals surface area contributed by atoms with Crippen LogP contribution in [-0.4, -0.2) is 37.2 Å². The first-order chi connectivity index (χ1) is 35.0. The molecule has 0 saturated carbocycles. The van der Waals surface area contributed by atoms with Gasteiger partial charge in [0, 0.05) is 19.3 Å². The zero-order valence-corrected chi connectivity index (χ0v) is 48.0. The van der Waals surface area contributed by atoms with E-state index in [1.165, 1.54) is 250 Å². The molecule has 0 bridgehead atoms. The van der Waals surface area contributed by atoms with E-state index in [9.17, 15) is 14.4 Å². The molecular formula is C65H122O6. The smallest absolute Gasteiger partial charge is 0.306 e. The molecule has 71 heavy (non-hydrogen) atoms. The van der Waals surface area contributed by atoms with Crippen LogP contribution in [0.25, 0.3) is 0 Å². The van der Waals surface area contributed by atoms with Gasteiger partial charge in [-0.15, -0.1) is 0 Å². The van der Waals surface area contributed by atoms with Gasteiger partial charge in [0.05, 0.1) is 0 Å². The van der Waals surface area contributed by atoms with Gasteiger partial charge in [0.15, 0.2) is 6.10 Å². The van der Waals surface area contributed by atoms with Crippen molar-refractivity contribution in [1.29, 1.82) is 0 Å². The van der Waals surface area contributed by atoms with Crippen molar-refractivity contribution in [3.05, 3.63) is 24.3 Å². The molecule has 6 nitrogen and oxygen atoms in total. The minimum absolute atomic E-state index is 0.0643. The lowest BCUT2D eigenvalue weighted by molar-refractivity contribution is -0.167. The third kappa shape index (κ3) is 58.7. The number of ether oxygens (including phenoxy) is 3. The quantitative estimate of drug-likeness (QED) is 0.0261. The van der Waals surface area contributed by atoms with Crippen LogP contribution in [0, 0.1) is 0 Å². The van der Waals surface area contributed by atoms with Crippen molar-refractivity contribution < 1.29 is 28.6 Å². The lowest BCUT2D eigenvalue weighted by atomic mass is 10.0. The van der Waals surface area contributed by atoms with E-state index in [0.29, 0.717) is 19.3 Å². The number of hydrogen-bond acceptors (Lipinski definition) is 6. The van der Waals surface area contributed by atoms with Gasteiger partial charge in [-0.1, -0.05) is 308 Å². The number of allylic oxidation sites excluding steroid dienone is 4. The van der Waals surface area contributed by atoms with E-state index in [2.05, 4.69) is 45.1 Å². The fourth-order valence-corrected chi connectivity index (χ4v) is 9.65. The Bertz CT molecular complexity index is 1150. The molecule has 1 atom stereocenters. The molecule has 0 aliphatic heterocycles. The largest absolute Gasteiger partial charge is 0.462 e. The summed E-state index contributed by atoms with van der Waals surface area (Å²) >= 11 is 0. The maximum atomic E-state index is 12.7. The van der Waals surface area contributed by atoms with Gasteiger partial charge in [0.1, 0.15) is 13.2 Å². The standard InChI is InChI=1S/C65H122O6/c1-4-7-10-13-16-19-20-21-22-23-24-25-26-27-28-29-30-31-32-33-34-35-36-37-38-39-40-41-42-43-44-47-49-52-55-58-64(67)70-61-62(71-65(68)59-56-53-50-46-18-15-12-9-6-3)60-69-63(66)57-54-51-48-45-17-14-11-8-5-2/h20-21,23-24,62H,4-19,22,25-61H2,1-3H3/b21-20-,24-23-. The zero-order valence-electron chi connectivity index (χ0n) is 48.0. The minimum Gasteiger partial charge on any atom is -0.462 e. The highest BCUT2D eigenvalue weighted by molar-refractivity contribution is 5.71. The van der Waals surface area contributed by atoms with E-state index in [1.54, 1.807) is 0 Å². The fourth-order valence-electron chi connectivity index (χ4n) is 9.65. The second-order valence-electron chi connectivity index (χ2n) is 21.7. The summed E-state index contributed by atoms with van der Waals surface area (Å²) < 4.78 is 16.8. The Labute approximate surface area is 443 Å². The summed E-state index contributed by atoms with van der Waals surface area (Å²) in [4.78, 5) is 37.9. The number of esters is 3. The third-order valence-corrected chi connectivity index (χ3v) is 14.5. The first kappa shape index (κ1) is 68.9. The molecule has 0 aliphatic carbocycles. The van der Waals surface area contributed by atoms with Crippen LogP contribution in [0.3, 0.4) is 0 Å². The van der Waals surface area contributed by atoms with E-state index in [4.69, 9.17) is 14.2 Å². The Balaban J connectivity index is 3.85. The highest BCUT2D eigenvalue weighted by Crippen LogP contribution is 2.18. The third-order valence-electron chi connectivity index (χ3n) is 14.5. The maximum Gasteiger partial charge on any atom is 0.306 e. The van der Waals surface area contributed by atoms with Gasteiger partial charge in [0.2, 0.25) is 0 Å². The van der Waals surface area contributed by atoms with E-state index < -0.39 is 6.10 Å². The van der Waals surface area contributed by atoms with Crippen molar-refractivity contribution in [2.24, 2.45) is 0 Å². The average Bonchev–Trinajstić information content (AvgIpc) is 3.37. The molecule has 0 heterocycles. The molecule has 1 unspecified atom stereocenters. The fraction of sp³-hybridized carbons (Fsp3) is 0.892. The summed E-state index contributed by atoms with van der Waals surface area (Å²) in [6, 6.07) is 0. The molecule has 418 valence electrons. The van der Waals surface area contributed by atoms with Crippen molar-refractivity contribution >= 4 is 17.9 Å². The van der Waals surface area contributed by atoms with Gasteiger partial charge in [-0.2, -0.15) is 0 Å². The van der Waals surface area contributed by atoms with E-state index in [1.807, 2.05) is 0 Å². The molecule has 6 heteroatoms. The summed E-state index contributed by atoms with van der Waals surface area (Å²) in [5.74, 6) is -0.850. The highest BCUT2D eigenvalue weighted by Gasteiger charge is 2.19. The second kappa shape index (κ2) is 60.4. The molecule has 0 fully saturated rings. The van der Waals surface area contributed by atoms with Crippen LogP contribution in [-0.2, 0) is 28.6 Å². The Morgan fingerprint density at radius 1 is 0.282 bits per heavy atom. The molecule has 0 aromatic carbocycles. The zero-order chi connectivity index (χ0) is 51.4. The summed E-state index contributed by atoms with van der Waals surface area (Å²) in [5, 5.41) is 0. The van der Waals surface area contributed by atoms with Gasteiger partial charge < -0.3 is 14.2 Å². The minimum atomic E-state index is -0.761. The van der Waals surface area contributed by atoms with Crippen LogP contribution < -0.4 is 0 Å². The lowest BCUT2D eigenvalue weighted by Gasteiger charge is -2.18. The normalized spacial score (nSPS) is 12.1. The maximum absolute atomic E-state index is 12.7. The van der Waals surface area contributed by atoms with Crippen LogP contribution in [0.15, 0.2) is 24.3 Å². The first-order valence-corrected chi connectivity index (χ1v) is 31.8. The van der Waals surface area contributed by atoms with Crippen LogP contribution in [0.4, 0.5) is 0 Å². The number of unbranched alkanes of at least 4 members (excludes halogenated alkanes) is 44. The molecule has 0 saturated heterocycles. The first-order valence-electron chi connectivity index (χ1n) is 31.8. The molecule has 0 rings (SSSR count). The summed E-state index contributed by atoms with van der Waals surface area (Å²) in [7, 11) is 0. The van der Waals surface area contributed by atoms with E-state index in [0.717, 1.165) is 64.2 Å². The summed E-state index contributed by atoms with van der Waals surface area (Å²) in [6.07, 6.45) is 72.4. The van der Waals surface area contributed by atoms with Gasteiger partial charge in [-0.25, -0.2) is 0 Å². The van der Waals surface area contributed by atoms with Crippen molar-refractivity contribution in [1.82, 2.24) is 0 Å². The Morgan fingerprint density at radius 3 is 0.775 bits per heavy atom. The summed E-state index contributed by atoms with van der Waals surface area (Å²) in [5.41, 5.74) is 0. The molecule has 0 aromatic rings. The van der Waals surface area contributed by atoms with Gasteiger partial charge in [-0.3, -0.25) is 14.4 Å². The number of rotatable bonds is 59. The Morgan fingerprint density at radius 2 is 0.507 bits per heavy atom. The SMILES string of the molecule is CCCCCCC/C=C\C/C=C\CCCCCCCCCCCCCCCCCCCCCCCCCC(=O)OCC(COC(=O)CCCCCCCCCCC)OC(=O)CCCCCCCCCCC. The predicted octanol–water partition coefficient (Wildman–Crippen LogP) is 21.4. The highest BCUT2D eigenvalue weighted by atomic mass is 16.6. The topological polar surface area (TPSA) is 78.9 Å². The number of carbonyl (C=O) groups excluding carboxylic acids is 3. The van der Waals surface area contributed by atoms with E-state index in [-0.39, 0.29) is 31.1 Å². The molecule has 0 amide bonds. The number of carbonyl (C=O) groups is 3. The van der Waals surface area contributed by atoms with Crippen LogP contribution in [0.5, 0.6) is 0 Å². The van der Waals surface area contributed by atoms with Crippen LogP contribution in [0.1, 0.15) is 355 Å². The van der Waals surface area contributed by atoms with Gasteiger partial charge in [-0.05, 0) is 51.4 Å². The lowest BCUT2D eigenvalue weighted by Crippen LogP contribution is -2.30. The molecular weight excluding hydrogens is 877 g/mol. The van der Waals surface area contributed by atoms with Crippen molar-refractivity contribution in [2.75, 3.05) is 13.2 Å². The monoisotopic (exact) mass is 999 g/mol. The Hall–Kier alpha value is -2.11. The molecule has 0 N–H and O–H groups in total. The predicted molar refractivity (Wildman–Crippen MR) is 307 cm³/mol. The molecule has 0 radical (unpaired) electrons. The number of hydrogen-bond donors (Lipinski definition) is 0. The van der Waals surface area contributed by atoms with Crippen molar-refractivity contribution in [3.8, 4) is 0 Å². The molecule has 0 spiro atoms. The van der Waals surface area contributed by atoms with Crippen molar-refractivity contribution in [3.63, 3.8) is 0 Å². The van der Waals surface area contributed by atoms with Crippen molar-refractivity contribution in [2.45, 2.75) is 361 Å². The Kier molecular flexibility index (Phi) is 58.6.